The molecule has 168 valence electrons. The number of carbonyl (C=O) groups excluding carboxylic acids is 1. The van der Waals surface area contributed by atoms with E-state index in [1.54, 1.807) is 4.90 Å². The molecule has 3 rings (SSSR count). The fourth-order valence-electron chi connectivity index (χ4n) is 4.13. The molecule has 30 heavy (non-hydrogen) atoms. The van der Waals surface area contributed by atoms with Crippen LogP contribution in [-0.2, 0) is 16.0 Å². The first-order valence-electron chi connectivity index (χ1n) is 16.4. The highest BCUT2D eigenvalue weighted by Gasteiger charge is 2.41. The number of ether oxygens (including phenoxy) is 3. The van der Waals surface area contributed by atoms with Gasteiger partial charge in [-0.3, -0.25) is 9.69 Å². The van der Waals surface area contributed by atoms with E-state index < -0.39 is 63.1 Å². The molecule has 0 aromatic heterocycles. The normalized spacial score (nSPS) is 38.8. The fraction of sp³-hybridized carbons (Fsp3) is 0.708. The van der Waals surface area contributed by atoms with Crippen LogP contribution in [0.1, 0.15) is 75.4 Å². The summed E-state index contributed by atoms with van der Waals surface area (Å²) in [6.45, 7) is -3.33. The van der Waals surface area contributed by atoms with E-state index in [1.165, 1.54) is 19.2 Å². The minimum Gasteiger partial charge on any atom is -0.493 e. The average molecular weight is 432 g/mol. The first-order valence-corrected chi connectivity index (χ1v) is 9.91. The standard InChI is InChI=1S/C24H38N2O4/c1-14(2)9-17-13-26-8-7-16-10-21(28-5)22(29-6)11-18(16)19(26)12-20(17)30-24(27)23(25)15(3)4/h10-11,14-15,17,19-20,23H,7-9,12-13,25H2,1-6H3/t17?,19?,20?,23-/m0/s1/i3D3,4D3,6D3,15D,19D,20D,23D. The van der Waals surface area contributed by atoms with E-state index in [4.69, 9.17) is 35.0 Å². The fourth-order valence-corrected chi connectivity index (χ4v) is 4.13. The summed E-state index contributed by atoms with van der Waals surface area (Å²) in [6.07, 6.45) is -2.14. The summed E-state index contributed by atoms with van der Waals surface area (Å²) in [5, 5.41) is 0. The Kier molecular flexibility index (Phi) is 3.57. The van der Waals surface area contributed by atoms with Crippen molar-refractivity contribution >= 4 is 5.97 Å². The van der Waals surface area contributed by atoms with Gasteiger partial charge in [0.25, 0.3) is 0 Å². The van der Waals surface area contributed by atoms with Crippen molar-refractivity contribution < 1.29 is 36.8 Å². The zero-order valence-corrected chi connectivity index (χ0v) is 17.5. The maximum absolute atomic E-state index is 13.5. The third kappa shape index (κ3) is 4.75. The molecule has 1 aromatic carbocycles. The zero-order chi connectivity index (χ0) is 33.2. The summed E-state index contributed by atoms with van der Waals surface area (Å²) in [5.41, 5.74) is 6.61. The van der Waals surface area contributed by atoms with Crippen LogP contribution in [0.5, 0.6) is 11.5 Å². The maximum atomic E-state index is 13.5. The van der Waals surface area contributed by atoms with E-state index in [1.807, 2.05) is 13.8 Å². The highest BCUT2D eigenvalue weighted by atomic mass is 16.5. The topological polar surface area (TPSA) is 74.0 Å². The van der Waals surface area contributed by atoms with Crippen LogP contribution in [0.4, 0.5) is 0 Å². The second-order valence-electron chi connectivity index (χ2n) is 8.05. The summed E-state index contributed by atoms with van der Waals surface area (Å²) in [4.78, 5) is 15.2. The van der Waals surface area contributed by atoms with Gasteiger partial charge in [0.15, 0.2) is 11.5 Å². The molecule has 6 heteroatoms. The van der Waals surface area contributed by atoms with Gasteiger partial charge >= 0.3 is 5.97 Å². The molecule has 0 aliphatic carbocycles. The van der Waals surface area contributed by atoms with E-state index in [-0.39, 0.29) is 29.5 Å². The highest BCUT2D eigenvalue weighted by Crippen LogP contribution is 2.44. The summed E-state index contributed by atoms with van der Waals surface area (Å²) in [6, 6.07) is -2.59. The number of benzene rings is 1. The molecule has 2 aliphatic heterocycles. The van der Waals surface area contributed by atoms with Crippen molar-refractivity contribution in [3.8, 4) is 11.5 Å². The molecular weight excluding hydrogens is 380 g/mol. The van der Waals surface area contributed by atoms with Crippen LogP contribution in [0.25, 0.3) is 0 Å². The Morgan fingerprint density at radius 1 is 1.37 bits per heavy atom. The first kappa shape index (κ1) is 11.2. The van der Waals surface area contributed by atoms with Crippen LogP contribution >= 0.6 is 0 Å². The molecule has 1 aromatic rings. The molecule has 1 fully saturated rings. The lowest BCUT2D eigenvalue weighted by Crippen LogP contribution is -2.51. The van der Waals surface area contributed by atoms with Gasteiger partial charge in [-0.15, -0.1) is 0 Å². The van der Waals surface area contributed by atoms with Crippen LogP contribution in [0.2, 0.25) is 0 Å². The molecule has 0 radical (unpaired) electrons. The molecule has 0 bridgehead atoms. The number of nitrogens with zero attached hydrogens (tertiary/aromatic N) is 1. The van der Waals surface area contributed by atoms with Crippen molar-refractivity contribution in [3.05, 3.63) is 23.3 Å². The lowest BCUT2D eigenvalue weighted by molar-refractivity contribution is -0.160. The first-order chi connectivity index (χ1) is 19.2. The zero-order valence-electron chi connectivity index (χ0n) is 30.5. The molecule has 2 aliphatic rings. The van der Waals surface area contributed by atoms with Crippen LogP contribution in [0, 0.1) is 17.7 Å². The third-order valence-corrected chi connectivity index (χ3v) is 5.55. The SMILES string of the molecule is [2H]C([2H])([2H])Oc1cc2c(cc1OC)CCN1CC(CC(C)C)C([2H])(OC(=O)[C@@]([2H])(N)C([2H])(C([2H])([2H])[2H])C([2H])([2H])[2H])CC21[2H]. The summed E-state index contributed by atoms with van der Waals surface area (Å²) >= 11 is 0. The Labute approximate surface area is 199 Å². The van der Waals surface area contributed by atoms with Crippen molar-refractivity contribution in [2.75, 3.05) is 27.2 Å². The third-order valence-electron chi connectivity index (χ3n) is 5.55. The second-order valence-corrected chi connectivity index (χ2v) is 8.05. The van der Waals surface area contributed by atoms with E-state index in [2.05, 4.69) is 0 Å². The quantitative estimate of drug-likeness (QED) is 0.666. The number of piperidine rings is 1. The number of carbonyl (C=O) groups is 1. The van der Waals surface area contributed by atoms with Gasteiger partial charge in [0.2, 0.25) is 0 Å². The second kappa shape index (κ2) is 9.56. The molecule has 0 saturated carbocycles. The van der Waals surface area contributed by atoms with Crippen molar-refractivity contribution in [1.29, 1.82) is 0 Å². The Bertz CT molecular complexity index is 1200. The smallest absolute Gasteiger partial charge is 0.323 e. The number of esters is 1. The van der Waals surface area contributed by atoms with Gasteiger partial charge in [0.05, 0.1) is 22.4 Å². The van der Waals surface area contributed by atoms with Gasteiger partial charge in [0.1, 0.15) is 12.1 Å². The van der Waals surface area contributed by atoms with E-state index in [0.29, 0.717) is 24.9 Å². The van der Waals surface area contributed by atoms with Gasteiger partial charge in [-0.1, -0.05) is 27.6 Å². The van der Waals surface area contributed by atoms with Gasteiger partial charge in [-0.2, -0.15) is 0 Å². The molecule has 3 unspecified atom stereocenters. The monoisotopic (exact) mass is 431 g/mol. The van der Waals surface area contributed by atoms with Gasteiger partial charge in [-0.25, -0.2) is 0 Å². The van der Waals surface area contributed by atoms with Crippen LogP contribution in [0.15, 0.2) is 12.1 Å². The molecule has 0 spiro atoms. The predicted octanol–water partition coefficient (Wildman–Crippen LogP) is 3.56. The molecule has 2 N–H and O–H groups in total. The average Bonchev–Trinajstić information content (AvgIpc) is 2.81. The number of nitrogens with two attached hydrogens (primary N) is 1. The van der Waals surface area contributed by atoms with E-state index in [0.717, 1.165) is 0 Å². The van der Waals surface area contributed by atoms with Crippen LogP contribution < -0.4 is 15.2 Å². The number of rotatable bonds is 7. The van der Waals surface area contributed by atoms with Crippen LogP contribution in [-0.4, -0.2) is 50.2 Å². The lowest BCUT2D eigenvalue weighted by atomic mass is 9.79. The van der Waals surface area contributed by atoms with Crippen molar-refractivity contribution in [3.63, 3.8) is 0 Å². The van der Waals surface area contributed by atoms with Crippen molar-refractivity contribution in [2.45, 2.75) is 64.9 Å². The Morgan fingerprint density at radius 3 is 2.80 bits per heavy atom. The van der Waals surface area contributed by atoms with Gasteiger partial charge in [-0.05, 0) is 47.9 Å². The minimum atomic E-state index is -3.82. The summed E-state index contributed by atoms with van der Waals surface area (Å²) < 4.78 is 120. The largest absolute Gasteiger partial charge is 0.493 e. The van der Waals surface area contributed by atoms with E-state index >= 15 is 0 Å². The summed E-state index contributed by atoms with van der Waals surface area (Å²) in [5.74, 6) is -6.59. The highest BCUT2D eigenvalue weighted by molar-refractivity contribution is 5.76. The molecule has 0 amide bonds. The number of hydrogen-bond donors (Lipinski definition) is 1. The van der Waals surface area contributed by atoms with Crippen LogP contribution in [0.3, 0.4) is 0 Å². The lowest BCUT2D eigenvalue weighted by Gasteiger charge is -2.47. The Morgan fingerprint density at radius 2 is 2.13 bits per heavy atom. The molecular formula is C24H38N2O4. The predicted molar refractivity (Wildman–Crippen MR) is 118 cm³/mol. The molecule has 4 atom stereocenters. The van der Waals surface area contributed by atoms with E-state index in [9.17, 15) is 7.54 Å². The maximum Gasteiger partial charge on any atom is 0.323 e. The number of methoxy groups -OCH3 is 2. The Balaban J connectivity index is 2.13. The number of fused-ring (bicyclic) bond motifs is 3. The minimum absolute atomic E-state index is 0.0362. The van der Waals surface area contributed by atoms with Crippen molar-refractivity contribution in [1.82, 2.24) is 4.90 Å². The van der Waals surface area contributed by atoms with Crippen molar-refractivity contribution in [2.24, 2.45) is 23.5 Å². The Hall–Kier alpha value is -1.79. The number of hydrogen-bond acceptors (Lipinski definition) is 6. The van der Waals surface area contributed by atoms with Gasteiger partial charge < -0.3 is 19.9 Å². The molecule has 1 saturated heterocycles. The summed E-state index contributed by atoms with van der Waals surface area (Å²) in [7, 11) is -1.52. The van der Waals surface area contributed by atoms with Gasteiger partial charge in [0, 0.05) is 41.0 Å². The molecule has 6 nitrogen and oxygen atoms in total. The molecule has 2 heterocycles.